The van der Waals surface area contributed by atoms with Crippen LogP contribution in [0.1, 0.15) is 68.7 Å². The third kappa shape index (κ3) is 4.29. The van der Waals surface area contributed by atoms with Gasteiger partial charge in [0.05, 0.1) is 5.69 Å². The number of hydrogen-bond acceptors (Lipinski definition) is 5. The highest BCUT2D eigenvalue weighted by Crippen LogP contribution is 2.38. The Labute approximate surface area is 159 Å². The summed E-state index contributed by atoms with van der Waals surface area (Å²) in [5.41, 5.74) is 1.19. The average Bonchev–Trinajstić information content (AvgIpc) is 3.07. The summed E-state index contributed by atoms with van der Waals surface area (Å²) in [6.07, 6.45) is 8.60. The van der Waals surface area contributed by atoms with Crippen LogP contribution in [-0.4, -0.2) is 26.9 Å². The summed E-state index contributed by atoms with van der Waals surface area (Å²) in [5, 5.41) is 3.95. The molecule has 0 unspecified atom stereocenters. The van der Waals surface area contributed by atoms with Crippen LogP contribution < -0.4 is 5.32 Å². The van der Waals surface area contributed by atoms with Gasteiger partial charge < -0.3 is 5.32 Å². The van der Waals surface area contributed by atoms with E-state index in [0.29, 0.717) is 21.1 Å². The lowest BCUT2D eigenvalue weighted by Gasteiger charge is -2.37. The van der Waals surface area contributed by atoms with Gasteiger partial charge in [-0.05, 0) is 49.5 Å². The summed E-state index contributed by atoms with van der Waals surface area (Å²) in [6.45, 7) is 8.97. The molecule has 0 atom stereocenters. The fraction of sp³-hybridized carbons (Fsp3) is 0.600. The zero-order valence-electron chi connectivity index (χ0n) is 16.1. The molecule has 140 valence electrons. The molecule has 1 aliphatic rings. The molecule has 6 heteroatoms. The molecule has 2 aromatic rings. The smallest absolute Gasteiger partial charge is 0.263 e. The molecule has 0 aliphatic heterocycles. The maximum Gasteiger partial charge on any atom is 0.263 e. The first-order valence-electron chi connectivity index (χ1n) is 9.46. The highest BCUT2D eigenvalue weighted by atomic mass is 32.1. The Morgan fingerprint density at radius 3 is 2.42 bits per heavy atom. The monoisotopic (exact) mass is 372 g/mol. The molecule has 0 bridgehead atoms. The SMILES string of the molecule is CCc1nc(-c2ncccn2)sc1C(=O)NC1CCC(C(C)(C)C)CC1. The molecule has 1 saturated carbocycles. The minimum atomic E-state index is 0.000685. The predicted octanol–water partition coefficient (Wildman–Crippen LogP) is 4.50. The number of nitrogens with zero attached hydrogens (tertiary/aromatic N) is 3. The van der Waals surface area contributed by atoms with Crippen LogP contribution in [0.2, 0.25) is 0 Å². The summed E-state index contributed by atoms with van der Waals surface area (Å²) in [4.78, 5) is 26.6. The molecule has 1 aliphatic carbocycles. The number of aryl methyl sites for hydroxylation is 1. The minimum Gasteiger partial charge on any atom is -0.349 e. The van der Waals surface area contributed by atoms with Gasteiger partial charge in [0.15, 0.2) is 10.8 Å². The summed E-state index contributed by atoms with van der Waals surface area (Å²) < 4.78 is 0. The van der Waals surface area contributed by atoms with Crippen molar-refractivity contribution in [2.75, 3.05) is 0 Å². The third-order valence-electron chi connectivity index (χ3n) is 5.28. The lowest BCUT2D eigenvalue weighted by molar-refractivity contribution is 0.0907. The van der Waals surface area contributed by atoms with Crippen LogP contribution in [0.15, 0.2) is 18.5 Å². The van der Waals surface area contributed by atoms with Crippen LogP contribution in [-0.2, 0) is 6.42 Å². The molecule has 3 rings (SSSR count). The number of hydrogen-bond donors (Lipinski definition) is 1. The van der Waals surface area contributed by atoms with Gasteiger partial charge in [0, 0.05) is 18.4 Å². The maximum absolute atomic E-state index is 12.8. The molecule has 1 N–H and O–H groups in total. The largest absolute Gasteiger partial charge is 0.349 e. The van der Waals surface area contributed by atoms with Crippen LogP contribution in [0.3, 0.4) is 0 Å². The standard InChI is InChI=1S/C20H28N4OS/c1-5-15-16(26-19(24-15)17-21-11-6-12-22-17)18(25)23-14-9-7-13(8-10-14)20(2,3)4/h6,11-14H,5,7-10H2,1-4H3,(H,23,25). The molecule has 1 amide bonds. The van der Waals surface area contributed by atoms with E-state index in [1.54, 1.807) is 18.5 Å². The first-order chi connectivity index (χ1) is 12.4. The molecule has 0 radical (unpaired) electrons. The van der Waals surface area contributed by atoms with E-state index in [1.165, 1.54) is 24.2 Å². The number of nitrogens with one attached hydrogen (secondary N) is 1. The zero-order valence-corrected chi connectivity index (χ0v) is 16.9. The van der Waals surface area contributed by atoms with Crippen molar-refractivity contribution in [3.63, 3.8) is 0 Å². The summed E-state index contributed by atoms with van der Waals surface area (Å²) >= 11 is 1.39. The van der Waals surface area contributed by atoms with Gasteiger partial charge >= 0.3 is 0 Å². The highest BCUT2D eigenvalue weighted by molar-refractivity contribution is 7.17. The van der Waals surface area contributed by atoms with Crippen molar-refractivity contribution in [3.8, 4) is 10.8 Å². The molecular weight excluding hydrogens is 344 g/mol. The fourth-order valence-corrected chi connectivity index (χ4v) is 4.63. The fourth-order valence-electron chi connectivity index (χ4n) is 3.63. The highest BCUT2D eigenvalue weighted by Gasteiger charge is 2.31. The van der Waals surface area contributed by atoms with Crippen molar-refractivity contribution in [2.24, 2.45) is 11.3 Å². The number of thiazole rings is 1. The van der Waals surface area contributed by atoms with E-state index in [-0.39, 0.29) is 11.9 Å². The Bertz CT molecular complexity index is 743. The second kappa shape index (κ2) is 7.82. The van der Waals surface area contributed by atoms with Crippen LogP contribution in [0.4, 0.5) is 0 Å². The quantitative estimate of drug-likeness (QED) is 0.858. The van der Waals surface area contributed by atoms with Gasteiger partial charge in [-0.1, -0.05) is 27.7 Å². The van der Waals surface area contributed by atoms with Crippen molar-refractivity contribution in [2.45, 2.75) is 65.8 Å². The Morgan fingerprint density at radius 1 is 1.19 bits per heavy atom. The summed E-state index contributed by atoms with van der Waals surface area (Å²) in [6, 6.07) is 2.05. The van der Waals surface area contributed by atoms with E-state index in [2.05, 4.69) is 41.0 Å². The van der Waals surface area contributed by atoms with E-state index >= 15 is 0 Å². The van der Waals surface area contributed by atoms with Crippen molar-refractivity contribution < 1.29 is 4.79 Å². The molecule has 0 saturated heterocycles. The molecule has 5 nitrogen and oxygen atoms in total. The van der Waals surface area contributed by atoms with Crippen molar-refractivity contribution in [1.82, 2.24) is 20.3 Å². The van der Waals surface area contributed by atoms with Crippen molar-refractivity contribution >= 4 is 17.2 Å². The molecule has 0 spiro atoms. The lowest BCUT2D eigenvalue weighted by atomic mass is 9.71. The van der Waals surface area contributed by atoms with Gasteiger partial charge in [-0.15, -0.1) is 11.3 Å². The number of amides is 1. The van der Waals surface area contributed by atoms with Crippen LogP contribution in [0.25, 0.3) is 10.8 Å². The Morgan fingerprint density at radius 2 is 1.85 bits per heavy atom. The maximum atomic E-state index is 12.8. The lowest BCUT2D eigenvalue weighted by Crippen LogP contribution is -2.39. The molecule has 26 heavy (non-hydrogen) atoms. The molecule has 2 aromatic heterocycles. The second-order valence-corrected chi connectivity index (χ2v) is 9.11. The zero-order chi connectivity index (χ0) is 18.7. The normalized spacial score (nSPS) is 20.8. The Hall–Kier alpha value is -1.82. The number of aromatic nitrogens is 3. The topological polar surface area (TPSA) is 67.8 Å². The van der Waals surface area contributed by atoms with Gasteiger partial charge in [-0.2, -0.15) is 0 Å². The van der Waals surface area contributed by atoms with Gasteiger partial charge in [-0.25, -0.2) is 15.0 Å². The summed E-state index contributed by atoms with van der Waals surface area (Å²) in [7, 11) is 0. The van der Waals surface area contributed by atoms with E-state index in [0.717, 1.165) is 30.9 Å². The van der Waals surface area contributed by atoms with Gasteiger partial charge in [0.1, 0.15) is 4.88 Å². The van der Waals surface area contributed by atoms with Gasteiger partial charge in [0.25, 0.3) is 5.91 Å². The Balaban J connectivity index is 1.68. The molecule has 2 heterocycles. The minimum absolute atomic E-state index is 0.000685. The predicted molar refractivity (Wildman–Crippen MR) is 105 cm³/mol. The summed E-state index contributed by atoms with van der Waals surface area (Å²) in [5.74, 6) is 1.32. The number of carbonyl (C=O) groups is 1. The van der Waals surface area contributed by atoms with Gasteiger partial charge in [-0.3, -0.25) is 4.79 Å². The van der Waals surface area contributed by atoms with Crippen molar-refractivity contribution in [1.29, 1.82) is 0 Å². The van der Waals surface area contributed by atoms with E-state index in [4.69, 9.17) is 0 Å². The molecule has 1 fully saturated rings. The average molecular weight is 373 g/mol. The Kier molecular flexibility index (Phi) is 5.70. The van der Waals surface area contributed by atoms with Crippen LogP contribution in [0, 0.1) is 11.3 Å². The van der Waals surface area contributed by atoms with Gasteiger partial charge in [0.2, 0.25) is 0 Å². The van der Waals surface area contributed by atoms with E-state index in [9.17, 15) is 4.79 Å². The van der Waals surface area contributed by atoms with E-state index in [1.807, 2.05) is 6.92 Å². The first kappa shape index (κ1) is 19.0. The van der Waals surface area contributed by atoms with Crippen LogP contribution in [0.5, 0.6) is 0 Å². The third-order valence-corrected chi connectivity index (χ3v) is 6.38. The second-order valence-electron chi connectivity index (χ2n) is 8.11. The van der Waals surface area contributed by atoms with E-state index < -0.39 is 0 Å². The molecule has 0 aromatic carbocycles. The number of rotatable bonds is 4. The van der Waals surface area contributed by atoms with Crippen molar-refractivity contribution in [3.05, 3.63) is 29.0 Å². The number of carbonyl (C=O) groups excluding carboxylic acids is 1. The first-order valence-corrected chi connectivity index (χ1v) is 10.3. The molecular formula is C20H28N4OS. The van der Waals surface area contributed by atoms with Crippen LogP contribution >= 0.6 is 11.3 Å².